The fraction of sp³-hybridized carbons (Fsp3) is 0.400. The molecule has 1 unspecified atom stereocenters. The first-order chi connectivity index (χ1) is 14.7. The lowest BCUT2D eigenvalue weighted by Gasteiger charge is -2.26. The SMILES string of the molecule is O=C(Cc1ccc(F)cc1)NC1=NCC(c2ccccc2)N=C1CC1CCCCC1. The van der Waals surface area contributed by atoms with E-state index in [2.05, 4.69) is 17.4 Å². The fourth-order valence-corrected chi connectivity index (χ4v) is 4.30. The van der Waals surface area contributed by atoms with Crippen LogP contribution in [0.25, 0.3) is 0 Å². The Morgan fingerprint density at radius 2 is 1.73 bits per heavy atom. The summed E-state index contributed by atoms with van der Waals surface area (Å²) in [6.45, 7) is 0.532. The second-order valence-corrected chi connectivity index (χ2v) is 8.25. The summed E-state index contributed by atoms with van der Waals surface area (Å²) in [5.74, 6) is 0.769. The van der Waals surface area contributed by atoms with Crippen LogP contribution < -0.4 is 5.32 Å². The highest BCUT2D eigenvalue weighted by Crippen LogP contribution is 2.29. The Morgan fingerprint density at radius 3 is 2.47 bits per heavy atom. The van der Waals surface area contributed by atoms with E-state index in [1.165, 1.54) is 44.2 Å². The van der Waals surface area contributed by atoms with E-state index in [1.54, 1.807) is 12.1 Å². The Bertz CT molecular complexity index is 915. The van der Waals surface area contributed by atoms with Crippen LogP contribution in [-0.2, 0) is 11.2 Å². The minimum atomic E-state index is -0.301. The highest BCUT2D eigenvalue weighted by molar-refractivity contribution is 6.44. The van der Waals surface area contributed by atoms with Gasteiger partial charge in [0, 0.05) is 0 Å². The zero-order chi connectivity index (χ0) is 20.8. The predicted molar refractivity (Wildman–Crippen MR) is 118 cm³/mol. The van der Waals surface area contributed by atoms with Crippen molar-refractivity contribution < 1.29 is 9.18 Å². The first-order valence-electron chi connectivity index (χ1n) is 10.9. The zero-order valence-electron chi connectivity index (χ0n) is 17.2. The molecule has 0 radical (unpaired) electrons. The molecular weight excluding hydrogens is 377 g/mol. The minimum absolute atomic E-state index is 0.00235. The monoisotopic (exact) mass is 405 g/mol. The Kier molecular flexibility index (Phi) is 6.67. The molecule has 2 aliphatic rings. The smallest absolute Gasteiger partial charge is 0.229 e. The van der Waals surface area contributed by atoms with Crippen molar-refractivity contribution in [3.8, 4) is 0 Å². The maximum atomic E-state index is 13.1. The molecule has 1 saturated carbocycles. The summed E-state index contributed by atoms with van der Waals surface area (Å²) in [6.07, 6.45) is 7.33. The van der Waals surface area contributed by atoms with Crippen molar-refractivity contribution in [3.05, 3.63) is 71.5 Å². The lowest BCUT2D eigenvalue weighted by Crippen LogP contribution is -2.40. The van der Waals surface area contributed by atoms with Gasteiger partial charge in [0.2, 0.25) is 5.91 Å². The van der Waals surface area contributed by atoms with Gasteiger partial charge >= 0.3 is 0 Å². The van der Waals surface area contributed by atoms with Gasteiger partial charge < -0.3 is 5.32 Å². The molecule has 4 rings (SSSR count). The molecule has 0 saturated heterocycles. The molecule has 1 atom stereocenters. The lowest BCUT2D eigenvalue weighted by molar-refractivity contribution is -0.119. The largest absolute Gasteiger partial charge is 0.309 e. The average molecular weight is 406 g/mol. The average Bonchev–Trinajstić information content (AvgIpc) is 2.78. The molecule has 4 nitrogen and oxygen atoms in total. The van der Waals surface area contributed by atoms with E-state index in [9.17, 15) is 9.18 Å². The van der Waals surface area contributed by atoms with Crippen LogP contribution in [0.1, 0.15) is 55.7 Å². The second kappa shape index (κ2) is 9.79. The predicted octanol–water partition coefficient (Wildman–Crippen LogP) is 5.05. The van der Waals surface area contributed by atoms with Crippen LogP contribution >= 0.6 is 0 Å². The normalized spacial score (nSPS) is 19.7. The molecule has 2 aromatic carbocycles. The van der Waals surface area contributed by atoms with Gasteiger partial charge in [-0.1, -0.05) is 74.6 Å². The van der Waals surface area contributed by atoms with Crippen molar-refractivity contribution in [1.29, 1.82) is 0 Å². The summed E-state index contributed by atoms with van der Waals surface area (Å²) in [5, 5.41) is 2.98. The van der Waals surface area contributed by atoms with Crippen molar-refractivity contribution >= 4 is 17.5 Å². The Morgan fingerprint density at radius 1 is 1.00 bits per heavy atom. The Balaban J connectivity index is 1.48. The zero-order valence-corrected chi connectivity index (χ0v) is 17.2. The molecule has 156 valence electrons. The number of carbonyl (C=O) groups excluding carboxylic acids is 1. The third kappa shape index (κ3) is 5.41. The van der Waals surface area contributed by atoms with Gasteiger partial charge in [0.1, 0.15) is 11.7 Å². The molecule has 0 bridgehead atoms. The molecular formula is C25H28FN3O. The van der Waals surface area contributed by atoms with Crippen LogP contribution in [0.3, 0.4) is 0 Å². The molecule has 0 spiro atoms. The van der Waals surface area contributed by atoms with E-state index >= 15 is 0 Å². The maximum Gasteiger partial charge on any atom is 0.229 e. The van der Waals surface area contributed by atoms with Gasteiger partial charge in [-0.15, -0.1) is 0 Å². The lowest BCUT2D eigenvalue weighted by atomic mass is 9.85. The number of nitrogens with zero attached hydrogens (tertiary/aromatic N) is 2. The van der Waals surface area contributed by atoms with E-state index in [1.807, 2.05) is 18.2 Å². The molecule has 1 heterocycles. The molecule has 1 fully saturated rings. The number of amides is 1. The number of hydrogen-bond donors (Lipinski definition) is 1. The van der Waals surface area contributed by atoms with Crippen molar-refractivity contribution in [2.45, 2.75) is 51.0 Å². The van der Waals surface area contributed by atoms with E-state index in [0.717, 1.165) is 23.3 Å². The van der Waals surface area contributed by atoms with Crippen LogP contribution in [-0.4, -0.2) is 24.0 Å². The van der Waals surface area contributed by atoms with Crippen molar-refractivity contribution in [2.24, 2.45) is 15.9 Å². The molecule has 2 aromatic rings. The third-order valence-corrected chi connectivity index (χ3v) is 5.93. The van der Waals surface area contributed by atoms with E-state index in [0.29, 0.717) is 18.3 Å². The number of nitrogens with one attached hydrogen (secondary N) is 1. The Hall–Kier alpha value is -2.82. The van der Waals surface area contributed by atoms with Crippen LogP contribution in [0.15, 0.2) is 64.6 Å². The number of hydrogen-bond acceptors (Lipinski definition) is 3. The van der Waals surface area contributed by atoms with Gasteiger partial charge in [0.05, 0.1) is 24.7 Å². The molecule has 1 aliphatic carbocycles. The molecule has 1 amide bonds. The van der Waals surface area contributed by atoms with Gasteiger partial charge in [-0.25, -0.2) is 4.39 Å². The van der Waals surface area contributed by atoms with Gasteiger partial charge in [-0.2, -0.15) is 0 Å². The molecule has 30 heavy (non-hydrogen) atoms. The van der Waals surface area contributed by atoms with Crippen LogP contribution in [0.2, 0.25) is 0 Å². The number of aliphatic imine (C=N–C) groups is 2. The van der Waals surface area contributed by atoms with E-state index in [4.69, 9.17) is 9.98 Å². The summed E-state index contributed by atoms with van der Waals surface area (Å²) in [7, 11) is 0. The van der Waals surface area contributed by atoms with E-state index < -0.39 is 0 Å². The maximum absolute atomic E-state index is 13.1. The quantitative estimate of drug-likeness (QED) is 0.744. The number of carbonyl (C=O) groups is 1. The summed E-state index contributed by atoms with van der Waals surface area (Å²) >= 11 is 0. The summed E-state index contributed by atoms with van der Waals surface area (Å²) in [5.41, 5.74) is 2.84. The minimum Gasteiger partial charge on any atom is -0.309 e. The summed E-state index contributed by atoms with van der Waals surface area (Å²) in [4.78, 5) is 22.4. The Labute approximate surface area is 177 Å². The molecule has 1 N–H and O–H groups in total. The first-order valence-corrected chi connectivity index (χ1v) is 10.9. The summed E-state index contributed by atoms with van der Waals surface area (Å²) in [6, 6.07) is 16.2. The number of halogens is 1. The molecule has 0 aromatic heterocycles. The van der Waals surface area contributed by atoms with E-state index in [-0.39, 0.29) is 24.2 Å². The highest BCUT2D eigenvalue weighted by Gasteiger charge is 2.25. The third-order valence-electron chi connectivity index (χ3n) is 5.93. The first kappa shape index (κ1) is 20.5. The number of rotatable bonds is 5. The van der Waals surface area contributed by atoms with Gasteiger partial charge in [-0.3, -0.25) is 14.8 Å². The van der Waals surface area contributed by atoms with Crippen molar-refractivity contribution in [3.63, 3.8) is 0 Å². The number of amidine groups is 1. The van der Waals surface area contributed by atoms with Gasteiger partial charge in [0.15, 0.2) is 0 Å². The van der Waals surface area contributed by atoms with Crippen molar-refractivity contribution in [2.75, 3.05) is 6.54 Å². The highest BCUT2D eigenvalue weighted by atomic mass is 19.1. The second-order valence-electron chi connectivity index (χ2n) is 8.25. The summed E-state index contributed by atoms with van der Waals surface area (Å²) < 4.78 is 13.1. The number of benzene rings is 2. The standard InChI is InChI=1S/C25H28FN3O/c26-21-13-11-19(12-14-21)16-24(30)29-25-22(15-18-7-3-1-4-8-18)28-23(17-27-25)20-9-5-2-6-10-20/h2,5-6,9-14,18,23H,1,3-4,7-8,15-17H2,(H,27,29,30). The molecule has 1 aliphatic heterocycles. The topological polar surface area (TPSA) is 53.8 Å². The van der Waals surface area contributed by atoms with Crippen LogP contribution in [0.5, 0.6) is 0 Å². The van der Waals surface area contributed by atoms with Gasteiger partial charge in [-0.05, 0) is 35.6 Å². The van der Waals surface area contributed by atoms with Crippen LogP contribution in [0, 0.1) is 11.7 Å². The fourth-order valence-electron chi connectivity index (χ4n) is 4.30. The van der Waals surface area contributed by atoms with Crippen LogP contribution in [0.4, 0.5) is 4.39 Å². The van der Waals surface area contributed by atoms with Gasteiger partial charge in [0.25, 0.3) is 0 Å². The van der Waals surface area contributed by atoms with Crippen molar-refractivity contribution in [1.82, 2.24) is 5.32 Å². The molecule has 5 heteroatoms.